The van der Waals surface area contributed by atoms with Crippen LogP contribution in [0.25, 0.3) is 11.4 Å². The van der Waals surface area contributed by atoms with Crippen LogP contribution in [0, 0.1) is 0 Å². The number of Topliss-reactive ketones (excluding diaryl/α,β-unsaturated/α-hetero) is 1. The molecule has 0 saturated carbocycles. The predicted octanol–water partition coefficient (Wildman–Crippen LogP) is 4.06. The standard InChI is InChI=1S/C21H20N4O2S/c1-3-13-25-20(17-7-5-4-6-8-17)23-24-21(25)28-14-19(27)22-18-11-9-16(10-12-18)15(2)26/h3-12H,1,13-14H2,2H3,(H,22,27). The van der Waals surface area contributed by atoms with Gasteiger partial charge in [-0.05, 0) is 31.2 Å². The van der Waals surface area contributed by atoms with Gasteiger partial charge in [-0.2, -0.15) is 0 Å². The molecule has 0 spiro atoms. The lowest BCUT2D eigenvalue weighted by molar-refractivity contribution is -0.113. The molecular weight excluding hydrogens is 372 g/mol. The Morgan fingerprint density at radius 3 is 2.46 bits per heavy atom. The van der Waals surface area contributed by atoms with Crippen molar-refractivity contribution in [1.29, 1.82) is 0 Å². The van der Waals surface area contributed by atoms with Crippen LogP contribution in [0.3, 0.4) is 0 Å². The molecule has 0 bridgehead atoms. The SMILES string of the molecule is C=CCn1c(SCC(=O)Nc2ccc(C(C)=O)cc2)nnc1-c1ccccc1. The average Bonchev–Trinajstić information content (AvgIpc) is 3.10. The van der Waals surface area contributed by atoms with Crippen molar-refractivity contribution < 1.29 is 9.59 Å². The molecule has 0 aliphatic heterocycles. The third kappa shape index (κ3) is 4.75. The first kappa shape index (κ1) is 19.6. The second kappa shape index (κ2) is 9.14. The summed E-state index contributed by atoms with van der Waals surface area (Å²) in [6.45, 7) is 5.85. The Morgan fingerprint density at radius 1 is 1.11 bits per heavy atom. The first-order valence-corrected chi connectivity index (χ1v) is 9.70. The number of ketones is 1. The fraction of sp³-hybridized carbons (Fsp3) is 0.143. The van der Waals surface area contributed by atoms with Crippen molar-refractivity contribution in [3.8, 4) is 11.4 Å². The molecule has 1 amide bonds. The summed E-state index contributed by atoms with van der Waals surface area (Å²) in [6.07, 6.45) is 1.77. The van der Waals surface area contributed by atoms with E-state index in [2.05, 4.69) is 22.1 Å². The van der Waals surface area contributed by atoms with Gasteiger partial charge in [-0.25, -0.2) is 0 Å². The van der Waals surface area contributed by atoms with Gasteiger partial charge in [0.05, 0.1) is 5.75 Å². The minimum absolute atomic E-state index is 0.00999. The van der Waals surface area contributed by atoms with Gasteiger partial charge in [-0.15, -0.1) is 16.8 Å². The van der Waals surface area contributed by atoms with Gasteiger partial charge < -0.3 is 5.32 Å². The van der Waals surface area contributed by atoms with Crippen molar-refractivity contribution in [1.82, 2.24) is 14.8 Å². The molecule has 1 heterocycles. The molecule has 0 saturated heterocycles. The molecule has 2 aromatic carbocycles. The molecule has 0 aliphatic rings. The molecule has 28 heavy (non-hydrogen) atoms. The Kier molecular flexibility index (Phi) is 6.39. The molecule has 0 unspecified atom stereocenters. The molecule has 3 aromatic rings. The number of amides is 1. The smallest absolute Gasteiger partial charge is 0.234 e. The Bertz CT molecular complexity index is 981. The Balaban J connectivity index is 1.66. The normalized spacial score (nSPS) is 10.5. The van der Waals surface area contributed by atoms with Crippen molar-refractivity contribution in [3.63, 3.8) is 0 Å². The van der Waals surface area contributed by atoms with Gasteiger partial charge >= 0.3 is 0 Å². The quantitative estimate of drug-likeness (QED) is 0.355. The monoisotopic (exact) mass is 392 g/mol. The largest absolute Gasteiger partial charge is 0.325 e. The van der Waals surface area contributed by atoms with E-state index in [9.17, 15) is 9.59 Å². The van der Waals surface area contributed by atoms with Crippen molar-refractivity contribution in [2.45, 2.75) is 18.6 Å². The Morgan fingerprint density at radius 2 is 1.82 bits per heavy atom. The van der Waals surface area contributed by atoms with Crippen molar-refractivity contribution in [3.05, 3.63) is 72.8 Å². The molecule has 7 heteroatoms. The molecule has 6 nitrogen and oxygen atoms in total. The van der Waals surface area contributed by atoms with Crippen LogP contribution >= 0.6 is 11.8 Å². The number of anilines is 1. The highest BCUT2D eigenvalue weighted by Crippen LogP contribution is 2.24. The van der Waals surface area contributed by atoms with Crippen LogP contribution in [0.1, 0.15) is 17.3 Å². The second-order valence-corrected chi connectivity index (χ2v) is 6.98. The number of aromatic nitrogens is 3. The van der Waals surface area contributed by atoms with E-state index >= 15 is 0 Å². The van der Waals surface area contributed by atoms with Crippen LogP contribution in [-0.4, -0.2) is 32.2 Å². The van der Waals surface area contributed by atoms with E-state index < -0.39 is 0 Å². The number of carbonyl (C=O) groups is 2. The summed E-state index contributed by atoms with van der Waals surface area (Å²) in [5, 5.41) is 12.0. The Labute approximate surface area is 167 Å². The lowest BCUT2D eigenvalue weighted by atomic mass is 10.1. The molecule has 0 aliphatic carbocycles. The summed E-state index contributed by atoms with van der Waals surface area (Å²) in [4.78, 5) is 23.6. The van der Waals surface area contributed by atoms with E-state index in [1.165, 1.54) is 18.7 Å². The van der Waals surface area contributed by atoms with E-state index in [1.807, 2.05) is 34.9 Å². The minimum Gasteiger partial charge on any atom is -0.325 e. The van der Waals surface area contributed by atoms with Gasteiger partial charge in [0.15, 0.2) is 16.8 Å². The molecule has 1 N–H and O–H groups in total. The molecule has 0 radical (unpaired) electrons. The lowest BCUT2D eigenvalue weighted by Gasteiger charge is -2.08. The van der Waals surface area contributed by atoms with Crippen LogP contribution in [-0.2, 0) is 11.3 Å². The zero-order valence-corrected chi connectivity index (χ0v) is 16.3. The van der Waals surface area contributed by atoms with Crippen molar-refractivity contribution in [2.24, 2.45) is 0 Å². The van der Waals surface area contributed by atoms with Crippen LogP contribution < -0.4 is 5.32 Å². The number of hydrogen-bond acceptors (Lipinski definition) is 5. The summed E-state index contributed by atoms with van der Waals surface area (Å²) in [5.74, 6) is 0.765. The molecule has 142 valence electrons. The first-order chi connectivity index (χ1) is 13.6. The molecule has 0 fully saturated rings. The predicted molar refractivity (Wildman–Crippen MR) is 111 cm³/mol. The number of allylic oxidation sites excluding steroid dienone is 1. The number of thioether (sulfide) groups is 1. The van der Waals surface area contributed by atoms with Crippen LogP contribution in [0.4, 0.5) is 5.69 Å². The topological polar surface area (TPSA) is 76.9 Å². The maximum Gasteiger partial charge on any atom is 0.234 e. The first-order valence-electron chi connectivity index (χ1n) is 8.71. The minimum atomic E-state index is -0.157. The highest BCUT2D eigenvalue weighted by Gasteiger charge is 2.15. The molecule has 3 rings (SSSR count). The van der Waals surface area contributed by atoms with E-state index in [4.69, 9.17) is 0 Å². The van der Waals surface area contributed by atoms with Crippen LogP contribution in [0.5, 0.6) is 0 Å². The number of benzene rings is 2. The van der Waals surface area contributed by atoms with Crippen LogP contribution in [0.2, 0.25) is 0 Å². The highest BCUT2D eigenvalue weighted by atomic mass is 32.2. The second-order valence-electron chi connectivity index (χ2n) is 6.04. The van der Waals surface area contributed by atoms with Gasteiger partial charge in [0.1, 0.15) is 0 Å². The summed E-state index contributed by atoms with van der Waals surface area (Å²) in [6, 6.07) is 16.6. The van der Waals surface area contributed by atoms with Crippen molar-refractivity contribution >= 4 is 29.1 Å². The number of nitrogens with one attached hydrogen (secondary N) is 1. The summed E-state index contributed by atoms with van der Waals surface area (Å²) in [5.41, 5.74) is 2.21. The number of rotatable bonds is 8. The molecule has 1 aromatic heterocycles. The summed E-state index contributed by atoms with van der Waals surface area (Å²) >= 11 is 1.31. The zero-order valence-electron chi connectivity index (χ0n) is 15.5. The fourth-order valence-electron chi connectivity index (χ4n) is 2.61. The zero-order chi connectivity index (χ0) is 19.9. The van der Waals surface area contributed by atoms with E-state index in [0.29, 0.717) is 23.0 Å². The third-order valence-electron chi connectivity index (χ3n) is 3.97. The number of hydrogen-bond donors (Lipinski definition) is 1. The third-order valence-corrected chi connectivity index (χ3v) is 4.93. The number of nitrogens with zero attached hydrogens (tertiary/aromatic N) is 3. The average molecular weight is 392 g/mol. The van der Waals surface area contributed by atoms with E-state index in [0.717, 1.165) is 11.4 Å². The van der Waals surface area contributed by atoms with E-state index in [1.54, 1.807) is 30.3 Å². The Hall–Kier alpha value is -3.19. The van der Waals surface area contributed by atoms with Gasteiger partial charge in [0.25, 0.3) is 0 Å². The van der Waals surface area contributed by atoms with E-state index in [-0.39, 0.29) is 17.4 Å². The van der Waals surface area contributed by atoms with Crippen molar-refractivity contribution in [2.75, 3.05) is 11.1 Å². The summed E-state index contributed by atoms with van der Waals surface area (Å²) < 4.78 is 1.93. The fourth-order valence-corrected chi connectivity index (χ4v) is 3.35. The number of carbonyl (C=O) groups excluding carboxylic acids is 2. The molecule has 0 atom stereocenters. The van der Waals surface area contributed by atoms with Gasteiger partial charge in [0.2, 0.25) is 5.91 Å². The summed E-state index contributed by atoms with van der Waals surface area (Å²) in [7, 11) is 0. The van der Waals surface area contributed by atoms with Gasteiger partial charge in [0, 0.05) is 23.4 Å². The highest BCUT2D eigenvalue weighted by molar-refractivity contribution is 7.99. The maximum absolute atomic E-state index is 12.3. The van der Waals surface area contributed by atoms with Gasteiger partial charge in [-0.1, -0.05) is 48.2 Å². The maximum atomic E-state index is 12.3. The lowest BCUT2D eigenvalue weighted by Crippen LogP contribution is -2.14. The van der Waals surface area contributed by atoms with Gasteiger partial charge in [-0.3, -0.25) is 14.2 Å². The van der Waals surface area contributed by atoms with Crippen LogP contribution in [0.15, 0.2) is 72.4 Å². The molecular formula is C21H20N4O2S.